The van der Waals surface area contributed by atoms with E-state index in [9.17, 15) is 16.8 Å². The number of aromatic nitrogens is 1. The second kappa shape index (κ2) is 8.13. The number of sulfonamides is 2. The molecule has 0 spiro atoms. The Hall–Kier alpha value is -2.43. The zero-order valence-electron chi connectivity index (χ0n) is 15.5. The van der Waals surface area contributed by atoms with Crippen molar-refractivity contribution in [2.75, 3.05) is 9.44 Å². The molecule has 0 radical (unpaired) electrons. The summed E-state index contributed by atoms with van der Waals surface area (Å²) in [5.74, 6) is 0. The molecule has 0 saturated heterocycles. The van der Waals surface area contributed by atoms with Gasteiger partial charge < -0.3 is 0 Å². The van der Waals surface area contributed by atoms with Crippen molar-refractivity contribution in [3.8, 4) is 0 Å². The highest BCUT2D eigenvalue weighted by molar-refractivity contribution is 9.10. The standard InChI is InChI=1S/C19H18BrN3O4S2/c1-13-4-3-5-16(8-13)22-28(24,25)17-7-6-14(2)19(10-17)23-29(26,27)18-9-15(20)11-21-12-18/h3-12,22-23H,1-2H3. The minimum Gasteiger partial charge on any atom is -0.280 e. The fraction of sp³-hybridized carbons (Fsp3) is 0.105. The van der Waals surface area contributed by atoms with Crippen LogP contribution in [0.2, 0.25) is 0 Å². The summed E-state index contributed by atoms with van der Waals surface area (Å²) in [4.78, 5) is 3.75. The molecule has 0 aliphatic carbocycles. The molecule has 0 bridgehead atoms. The molecule has 0 atom stereocenters. The Bertz CT molecular complexity index is 1280. The van der Waals surface area contributed by atoms with Crippen molar-refractivity contribution < 1.29 is 16.8 Å². The first-order valence-corrected chi connectivity index (χ1v) is 12.2. The monoisotopic (exact) mass is 495 g/mol. The number of aryl methyl sites for hydroxylation is 2. The minimum absolute atomic E-state index is 0.0441. The Balaban J connectivity index is 1.93. The van der Waals surface area contributed by atoms with E-state index in [1.165, 1.54) is 30.6 Å². The molecule has 1 aromatic heterocycles. The number of hydrogen-bond acceptors (Lipinski definition) is 5. The van der Waals surface area contributed by atoms with Gasteiger partial charge in [0.1, 0.15) is 4.90 Å². The SMILES string of the molecule is Cc1cccc(NS(=O)(=O)c2ccc(C)c(NS(=O)(=O)c3cncc(Br)c3)c2)c1. The summed E-state index contributed by atoms with van der Waals surface area (Å²) in [6, 6.07) is 12.6. The molecule has 10 heteroatoms. The molecular formula is C19H18BrN3O4S2. The third-order valence-corrected chi connectivity index (χ3v) is 7.17. The van der Waals surface area contributed by atoms with Gasteiger partial charge in [0.05, 0.1) is 10.6 Å². The number of anilines is 2. The maximum absolute atomic E-state index is 12.8. The van der Waals surface area contributed by atoms with Crippen molar-refractivity contribution in [1.29, 1.82) is 0 Å². The second-order valence-electron chi connectivity index (χ2n) is 6.40. The van der Waals surface area contributed by atoms with Crippen LogP contribution in [0.25, 0.3) is 0 Å². The normalized spacial score (nSPS) is 11.8. The average molecular weight is 496 g/mol. The molecule has 1 heterocycles. The highest BCUT2D eigenvalue weighted by Gasteiger charge is 2.20. The number of hydrogen-bond donors (Lipinski definition) is 2. The summed E-state index contributed by atoms with van der Waals surface area (Å²) >= 11 is 3.19. The van der Waals surface area contributed by atoms with E-state index in [1.807, 2.05) is 13.0 Å². The maximum Gasteiger partial charge on any atom is 0.263 e. The summed E-state index contributed by atoms with van der Waals surface area (Å²) < 4.78 is 56.3. The van der Waals surface area contributed by atoms with E-state index in [0.717, 1.165) is 5.56 Å². The minimum atomic E-state index is -3.94. The van der Waals surface area contributed by atoms with Crippen molar-refractivity contribution in [3.05, 3.63) is 76.5 Å². The van der Waals surface area contributed by atoms with E-state index in [2.05, 4.69) is 30.4 Å². The Morgan fingerprint density at radius 1 is 0.828 bits per heavy atom. The van der Waals surface area contributed by atoms with Crippen LogP contribution in [-0.4, -0.2) is 21.8 Å². The lowest BCUT2D eigenvalue weighted by atomic mass is 10.2. The Labute approximate surface area is 178 Å². The second-order valence-corrected chi connectivity index (χ2v) is 10.7. The van der Waals surface area contributed by atoms with E-state index in [4.69, 9.17) is 0 Å². The summed E-state index contributed by atoms with van der Waals surface area (Å²) in [5, 5.41) is 0. The molecule has 3 rings (SSSR count). The fourth-order valence-corrected chi connectivity index (χ4v) is 5.24. The zero-order valence-corrected chi connectivity index (χ0v) is 18.8. The van der Waals surface area contributed by atoms with Crippen LogP contribution in [0.5, 0.6) is 0 Å². The van der Waals surface area contributed by atoms with Gasteiger partial charge in [0, 0.05) is 22.6 Å². The van der Waals surface area contributed by atoms with Crippen molar-refractivity contribution in [3.63, 3.8) is 0 Å². The molecule has 3 aromatic rings. The first-order valence-electron chi connectivity index (χ1n) is 8.40. The molecule has 0 saturated carbocycles. The molecule has 29 heavy (non-hydrogen) atoms. The van der Waals surface area contributed by atoms with Gasteiger partial charge in [0.15, 0.2) is 0 Å². The molecule has 2 aromatic carbocycles. The van der Waals surface area contributed by atoms with Gasteiger partial charge in [-0.3, -0.25) is 14.4 Å². The summed E-state index contributed by atoms with van der Waals surface area (Å²) in [6.45, 7) is 3.54. The zero-order chi connectivity index (χ0) is 21.2. The molecule has 2 N–H and O–H groups in total. The van der Waals surface area contributed by atoms with E-state index >= 15 is 0 Å². The van der Waals surface area contributed by atoms with Gasteiger partial charge in [-0.15, -0.1) is 0 Å². The smallest absolute Gasteiger partial charge is 0.263 e. The third kappa shape index (κ3) is 5.14. The third-order valence-electron chi connectivity index (χ3n) is 4.02. The molecule has 0 aliphatic heterocycles. The molecule has 152 valence electrons. The average Bonchev–Trinajstić information content (AvgIpc) is 2.63. The quantitative estimate of drug-likeness (QED) is 0.536. The van der Waals surface area contributed by atoms with Crippen LogP contribution >= 0.6 is 15.9 Å². The number of halogens is 1. The van der Waals surface area contributed by atoms with Crippen LogP contribution in [0.4, 0.5) is 11.4 Å². The van der Waals surface area contributed by atoms with Crippen LogP contribution in [-0.2, 0) is 20.0 Å². The van der Waals surface area contributed by atoms with Gasteiger partial charge in [-0.05, 0) is 71.2 Å². The first kappa shape index (κ1) is 21.3. The van der Waals surface area contributed by atoms with E-state index < -0.39 is 20.0 Å². The van der Waals surface area contributed by atoms with Crippen molar-refractivity contribution in [2.45, 2.75) is 23.6 Å². The predicted molar refractivity (Wildman–Crippen MR) is 116 cm³/mol. The van der Waals surface area contributed by atoms with Crippen molar-refractivity contribution in [2.24, 2.45) is 0 Å². The highest BCUT2D eigenvalue weighted by Crippen LogP contribution is 2.25. The van der Waals surface area contributed by atoms with Gasteiger partial charge in [-0.2, -0.15) is 0 Å². The number of rotatable bonds is 6. The largest absolute Gasteiger partial charge is 0.280 e. The number of nitrogens with zero attached hydrogens (tertiary/aromatic N) is 1. The van der Waals surface area contributed by atoms with Gasteiger partial charge in [0.2, 0.25) is 0 Å². The topological polar surface area (TPSA) is 105 Å². The van der Waals surface area contributed by atoms with E-state index in [1.54, 1.807) is 31.2 Å². The molecule has 0 amide bonds. The van der Waals surface area contributed by atoms with E-state index in [0.29, 0.717) is 15.7 Å². The Morgan fingerprint density at radius 3 is 2.24 bits per heavy atom. The molecule has 0 fully saturated rings. The van der Waals surface area contributed by atoms with Gasteiger partial charge in [-0.1, -0.05) is 18.2 Å². The number of benzene rings is 2. The van der Waals surface area contributed by atoms with Crippen LogP contribution in [0.3, 0.4) is 0 Å². The first-order chi connectivity index (χ1) is 13.6. The predicted octanol–water partition coefficient (Wildman–Crippen LogP) is 4.06. The van der Waals surface area contributed by atoms with Crippen LogP contribution in [0.1, 0.15) is 11.1 Å². The number of pyridine rings is 1. The van der Waals surface area contributed by atoms with E-state index in [-0.39, 0.29) is 15.5 Å². The van der Waals surface area contributed by atoms with Crippen LogP contribution in [0.15, 0.2) is 75.2 Å². The molecular weight excluding hydrogens is 478 g/mol. The summed E-state index contributed by atoms with van der Waals surface area (Å²) in [5.41, 5.74) is 2.07. The maximum atomic E-state index is 12.8. The number of nitrogens with one attached hydrogen (secondary N) is 2. The molecule has 7 nitrogen and oxygen atoms in total. The lowest BCUT2D eigenvalue weighted by Gasteiger charge is -2.14. The Kier molecular flexibility index (Phi) is 5.97. The summed E-state index contributed by atoms with van der Waals surface area (Å²) in [6.07, 6.45) is 2.68. The highest BCUT2D eigenvalue weighted by atomic mass is 79.9. The summed E-state index contributed by atoms with van der Waals surface area (Å²) in [7, 11) is -7.84. The van der Waals surface area contributed by atoms with Gasteiger partial charge in [-0.25, -0.2) is 16.8 Å². The fourth-order valence-electron chi connectivity index (χ4n) is 2.54. The lowest BCUT2D eigenvalue weighted by molar-refractivity contribution is 0.598. The van der Waals surface area contributed by atoms with Crippen LogP contribution in [0, 0.1) is 13.8 Å². The van der Waals surface area contributed by atoms with Crippen molar-refractivity contribution in [1.82, 2.24) is 4.98 Å². The lowest BCUT2D eigenvalue weighted by Crippen LogP contribution is -2.16. The van der Waals surface area contributed by atoms with Crippen LogP contribution < -0.4 is 9.44 Å². The Morgan fingerprint density at radius 2 is 1.55 bits per heavy atom. The molecule has 0 aliphatic rings. The van der Waals surface area contributed by atoms with Gasteiger partial charge in [0.25, 0.3) is 20.0 Å². The van der Waals surface area contributed by atoms with Crippen molar-refractivity contribution >= 4 is 47.4 Å². The van der Waals surface area contributed by atoms with Gasteiger partial charge >= 0.3 is 0 Å². The molecule has 0 unspecified atom stereocenters.